The van der Waals surface area contributed by atoms with Crippen LogP contribution in [0.1, 0.15) is 37.0 Å². The zero-order valence-electron chi connectivity index (χ0n) is 18.5. The number of fused-ring (bicyclic) bond motifs is 1. The van der Waals surface area contributed by atoms with Crippen molar-refractivity contribution in [3.8, 4) is 0 Å². The lowest BCUT2D eigenvalue weighted by atomic mass is 10.0. The van der Waals surface area contributed by atoms with Crippen LogP contribution in [0.2, 0.25) is 0 Å². The van der Waals surface area contributed by atoms with Crippen LogP contribution in [0.25, 0.3) is 17.0 Å². The average Bonchev–Trinajstić information content (AvgIpc) is 2.78. The van der Waals surface area contributed by atoms with Gasteiger partial charge in [0.25, 0.3) is 0 Å². The highest BCUT2D eigenvalue weighted by Gasteiger charge is 2.11. The van der Waals surface area contributed by atoms with Gasteiger partial charge in [-0.2, -0.15) is 0 Å². The summed E-state index contributed by atoms with van der Waals surface area (Å²) in [5.41, 5.74) is 3.62. The van der Waals surface area contributed by atoms with E-state index in [4.69, 9.17) is 4.42 Å². The van der Waals surface area contributed by atoms with Gasteiger partial charge in [0.15, 0.2) is 0 Å². The van der Waals surface area contributed by atoms with Crippen LogP contribution in [0.15, 0.2) is 63.8 Å². The predicted molar refractivity (Wildman–Crippen MR) is 128 cm³/mol. The second-order valence-corrected chi connectivity index (χ2v) is 7.49. The molecule has 0 saturated heterocycles. The van der Waals surface area contributed by atoms with Crippen LogP contribution in [0.4, 0.5) is 5.69 Å². The Morgan fingerprint density at radius 2 is 1.84 bits per heavy atom. The standard InChI is InChI=1S/C26H30N2O3/c1-4-28(5-2)21-13-14-22-19(3)23(26(30)31-24(22)18-21)15-16-25(29)27-17-9-12-20-10-7-6-8-11-20/h6-8,10-11,13-16,18H,4-5,9,12,17H2,1-3H3,(H,27,29). The molecule has 162 valence electrons. The van der Waals surface area contributed by atoms with E-state index in [-0.39, 0.29) is 5.91 Å². The fourth-order valence-corrected chi connectivity index (χ4v) is 3.70. The minimum atomic E-state index is -0.435. The van der Waals surface area contributed by atoms with Crippen molar-refractivity contribution in [1.29, 1.82) is 0 Å². The van der Waals surface area contributed by atoms with Gasteiger partial charge in [0.05, 0.1) is 5.56 Å². The zero-order valence-corrected chi connectivity index (χ0v) is 18.5. The number of rotatable bonds is 9. The van der Waals surface area contributed by atoms with Crippen molar-refractivity contribution in [2.24, 2.45) is 0 Å². The topological polar surface area (TPSA) is 62.6 Å². The second-order valence-electron chi connectivity index (χ2n) is 7.49. The van der Waals surface area contributed by atoms with Crippen LogP contribution in [-0.4, -0.2) is 25.5 Å². The maximum atomic E-state index is 12.5. The molecule has 2 aromatic carbocycles. The first kappa shape index (κ1) is 22.3. The van der Waals surface area contributed by atoms with E-state index in [2.05, 4.69) is 36.2 Å². The van der Waals surface area contributed by atoms with Gasteiger partial charge in [-0.25, -0.2) is 4.79 Å². The normalized spacial score (nSPS) is 11.2. The third-order valence-electron chi connectivity index (χ3n) is 5.51. The van der Waals surface area contributed by atoms with E-state index < -0.39 is 5.63 Å². The van der Waals surface area contributed by atoms with Crippen LogP contribution >= 0.6 is 0 Å². The van der Waals surface area contributed by atoms with Crippen LogP contribution in [0.3, 0.4) is 0 Å². The molecule has 0 fully saturated rings. The lowest BCUT2D eigenvalue weighted by molar-refractivity contribution is -0.116. The highest BCUT2D eigenvalue weighted by atomic mass is 16.4. The predicted octanol–water partition coefficient (Wildman–Crippen LogP) is 4.71. The number of benzene rings is 2. The largest absolute Gasteiger partial charge is 0.422 e. The maximum absolute atomic E-state index is 12.5. The number of anilines is 1. The fraction of sp³-hybridized carbons (Fsp3) is 0.308. The average molecular weight is 419 g/mol. The van der Waals surface area contributed by atoms with E-state index in [1.54, 1.807) is 6.08 Å². The molecule has 0 atom stereocenters. The van der Waals surface area contributed by atoms with Crippen molar-refractivity contribution in [3.05, 3.63) is 81.7 Å². The Hall–Kier alpha value is -3.34. The molecule has 5 nitrogen and oxygen atoms in total. The van der Waals surface area contributed by atoms with Gasteiger partial charge in [0.2, 0.25) is 5.91 Å². The summed E-state index contributed by atoms with van der Waals surface area (Å²) in [6.45, 7) is 8.41. The maximum Gasteiger partial charge on any atom is 0.343 e. The zero-order chi connectivity index (χ0) is 22.2. The molecule has 0 bridgehead atoms. The number of nitrogens with one attached hydrogen (secondary N) is 1. The van der Waals surface area contributed by atoms with Crippen LogP contribution in [0.5, 0.6) is 0 Å². The van der Waals surface area contributed by atoms with E-state index in [0.29, 0.717) is 17.7 Å². The van der Waals surface area contributed by atoms with Crippen molar-refractivity contribution < 1.29 is 9.21 Å². The highest BCUT2D eigenvalue weighted by Crippen LogP contribution is 2.25. The summed E-state index contributed by atoms with van der Waals surface area (Å²) in [4.78, 5) is 26.9. The lowest BCUT2D eigenvalue weighted by Gasteiger charge is -2.21. The van der Waals surface area contributed by atoms with E-state index in [1.165, 1.54) is 11.6 Å². The minimum Gasteiger partial charge on any atom is -0.422 e. The molecule has 5 heteroatoms. The number of carbonyl (C=O) groups excluding carboxylic acids is 1. The van der Waals surface area contributed by atoms with Gasteiger partial charge in [-0.3, -0.25) is 4.79 Å². The van der Waals surface area contributed by atoms with Crippen molar-refractivity contribution in [2.75, 3.05) is 24.5 Å². The molecular weight excluding hydrogens is 388 g/mol. The number of aryl methyl sites for hydroxylation is 2. The van der Waals surface area contributed by atoms with Gasteiger partial charge in [-0.15, -0.1) is 0 Å². The molecule has 0 aliphatic carbocycles. The summed E-state index contributed by atoms with van der Waals surface area (Å²) < 4.78 is 5.57. The molecule has 1 heterocycles. The van der Waals surface area contributed by atoms with Gasteiger partial charge in [0.1, 0.15) is 5.58 Å². The minimum absolute atomic E-state index is 0.219. The highest BCUT2D eigenvalue weighted by molar-refractivity contribution is 5.93. The molecule has 0 unspecified atom stereocenters. The Kier molecular flexibility index (Phi) is 7.65. The Morgan fingerprint density at radius 3 is 2.55 bits per heavy atom. The van der Waals surface area contributed by atoms with E-state index in [0.717, 1.165) is 42.6 Å². The van der Waals surface area contributed by atoms with Gasteiger partial charge in [0, 0.05) is 42.9 Å². The third-order valence-corrected chi connectivity index (χ3v) is 5.51. The molecule has 0 spiro atoms. The molecule has 0 aliphatic rings. The number of amides is 1. The molecule has 1 aromatic heterocycles. The van der Waals surface area contributed by atoms with E-state index >= 15 is 0 Å². The first-order chi connectivity index (χ1) is 15.0. The van der Waals surface area contributed by atoms with Crippen LogP contribution in [-0.2, 0) is 11.2 Å². The lowest BCUT2D eigenvalue weighted by Crippen LogP contribution is -2.22. The fourth-order valence-electron chi connectivity index (χ4n) is 3.70. The van der Waals surface area contributed by atoms with Crippen molar-refractivity contribution in [1.82, 2.24) is 5.32 Å². The summed E-state index contributed by atoms with van der Waals surface area (Å²) >= 11 is 0. The summed E-state index contributed by atoms with van der Waals surface area (Å²) in [7, 11) is 0. The quantitative estimate of drug-likeness (QED) is 0.311. The molecule has 1 amide bonds. The third kappa shape index (κ3) is 5.63. The van der Waals surface area contributed by atoms with E-state index in [1.807, 2.05) is 43.3 Å². The molecule has 0 radical (unpaired) electrons. The SMILES string of the molecule is CCN(CC)c1ccc2c(C)c(C=CC(=O)NCCCc3ccccc3)c(=O)oc2c1. The summed E-state index contributed by atoms with van der Waals surface area (Å²) in [5.74, 6) is -0.219. The molecule has 1 N–H and O–H groups in total. The first-order valence-electron chi connectivity index (χ1n) is 10.9. The van der Waals surface area contributed by atoms with E-state index in [9.17, 15) is 9.59 Å². The molecule has 0 aliphatic heterocycles. The van der Waals surface area contributed by atoms with Gasteiger partial charge in [-0.1, -0.05) is 30.3 Å². The smallest absolute Gasteiger partial charge is 0.343 e. The van der Waals surface area contributed by atoms with Gasteiger partial charge < -0.3 is 14.6 Å². The summed E-state index contributed by atoms with van der Waals surface area (Å²) in [5, 5.41) is 3.74. The van der Waals surface area contributed by atoms with Crippen LogP contribution in [0, 0.1) is 6.92 Å². The molecule has 0 saturated carbocycles. The van der Waals surface area contributed by atoms with Crippen molar-refractivity contribution in [2.45, 2.75) is 33.6 Å². The first-order valence-corrected chi connectivity index (χ1v) is 10.9. The summed E-state index contributed by atoms with van der Waals surface area (Å²) in [6.07, 6.45) is 4.71. The number of hydrogen-bond donors (Lipinski definition) is 1. The Bertz CT molecular complexity index is 1110. The number of carbonyl (C=O) groups is 1. The van der Waals surface area contributed by atoms with Crippen LogP contribution < -0.4 is 15.8 Å². The number of hydrogen-bond acceptors (Lipinski definition) is 4. The molecule has 3 aromatic rings. The Labute approximate surface area is 183 Å². The molecule has 31 heavy (non-hydrogen) atoms. The number of nitrogens with zero attached hydrogens (tertiary/aromatic N) is 1. The Morgan fingerprint density at radius 1 is 1.10 bits per heavy atom. The molecular formula is C26H30N2O3. The van der Waals surface area contributed by atoms with Gasteiger partial charge in [-0.05, 0) is 62.9 Å². The van der Waals surface area contributed by atoms with Crippen molar-refractivity contribution >= 4 is 28.6 Å². The van der Waals surface area contributed by atoms with Crippen molar-refractivity contribution in [3.63, 3.8) is 0 Å². The monoisotopic (exact) mass is 418 g/mol. The second kappa shape index (κ2) is 10.6. The van der Waals surface area contributed by atoms with Gasteiger partial charge >= 0.3 is 5.63 Å². The Balaban J connectivity index is 1.67. The summed E-state index contributed by atoms with van der Waals surface area (Å²) in [6, 6.07) is 16.1. The molecule has 3 rings (SSSR count).